The molecule has 0 atom stereocenters. The van der Waals surface area contributed by atoms with Crippen LogP contribution in [0.4, 0.5) is 0 Å². The van der Waals surface area contributed by atoms with Gasteiger partial charge < -0.3 is 10.1 Å². The lowest BCUT2D eigenvalue weighted by Crippen LogP contribution is -2.26. The molecule has 0 saturated heterocycles. The summed E-state index contributed by atoms with van der Waals surface area (Å²) in [5.41, 5.74) is 2.15. The van der Waals surface area contributed by atoms with Crippen LogP contribution in [0.3, 0.4) is 0 Å². The van der Waals surface area contributed by atoms with Crippen LogP contribution in [0.1, 0.15) is 27.2 Å². The molecule has 102 valence electrons. The van der Waals surface area contributed by atoms with Gasteiger partial charge in [0.1, 0.15) is 0 Å². The molecule has 1 N–H and O–H groups in total. The minimum absolute atomic E-state index is 0.218. The van der Waals surface area contributed by atoms with E-state index in [0.29, 0.717) is 13.2 Å². The third-order valence-corrected chi connectivity index (χ3v) is 3.05. The second-order valence-electron chi connectivity index (χ2n) is 3.71. The Morgan fingerprint density at radius 1 is 1.39 bits per heavy atom. The monoisotopic (exact) mass is 315 g/mol. The van der Waals surface area contributed by atoms with E-state index >= 15 is 0 Å². The Morgan fingerprint density at radius 3 is 2.56 bits per heavy atom. The van der Waals surface area contributed by atoms with E-state index in [4.69, 9.17) is 4.74 Å². The van der Waals surface area contributed by atoms with Gasteiger partial charge >= 0.3 is 5.97 Å². The van der Waals surface area contributed by atoms with Gasteiger partial charge in [0, 0.05) is 11.0 Å². The predicted molar refractivity (Wildman–Crippen MR) is 79.7 cm³/mol. The topological polar surface area (TPSA) is 38.3 Å². The Hall–Kier alpha value is -0.870. The Balaban J connectivity index is 4.40. The highest BCUT2D eigenvalue weighted by molar-refractivity contribution is 9.11. The maximum Gasteiger partial charge on any atom is 0.319 e. The van der Waals surface area contributed by atoms with E-state index in [1.807, 2.05) is 19.1 Å². The van der Waals surface area contributed by atoms with Crippen molar-refractivity contribution in [3.05, 3.63) is 34.4 Å². The fourth-order valence-electron chi connectivity index (χ4n) is 1.27. The van der Waals surface area contributed by atoms with Crippen molar-refractivity contribution in [2.45, 2.75) is 27.2 Å². The van der Waals surface area contributed by atoms with Crippen LogP contribution in [0.2, 0.25) is 0 Å². The summed E-state index contributed by atoms with van der Waals surface area (Å²) in [4.78, 5) is 11.2. The molecule has 0 aromatic heterocycles. The maximum atomic E-state index is 11.2. The van der Waals surface area contributed by atoms with Crippen LogP contribution in [-0.4, -0.2) is 25.7 Å². The van der Waals surface area contributed by atoms with Crippen molar-refractivity contribution in [1.29, 1.82) is 0 Å². The minimum Gasteiger partial charge on any atom is -0.465 e. The third kappa shape index (κ3) is 7.45. The molecule has 3 nitrogen and oxygen atoms in total. The first-order chi connectivity index (χ1) is 8.54. The van der Waals surface area contributed by atoms with Crippen molar-refractivity contribution >= 4 is 21.9 Å². The summed E-state index contributed by atoms with van der Waals surface area (Å²) in [7, 11) is 0. The van der Waals surface area contributed by atoms with E-state index in [1.54, 1.807) is 6.92 Å². The molecular formula is C14H22BrNO2. The van der Waals surface area contributed by atoms with Crippen LogP contribution >= 0.6 is 15.9 Å². The normalized spacial score (nSPS) is 12.4. The zero-order chi connectivity index (χ0) is 14.0. The lowest BCUT2D eigenvalue weighted by molar-refractivity contribution is -0.141. The van der Waals surface area contributed by atoms with Crippen molar-refractivity contribution in [3.8, 4) is 0 Å². The molecule has 0 bridgehead atoms. The molecule has 18 heavy (non-hydrogen) atoms. The summed E-state index contributed by atoms with van der Waals surface area (Å²) in [5.74, 6) is -0.232. The van der Waals surface area contributed by atoms with E-state index in [1.165, 1.54) is 0 Å². The van der Waals surface area contributed by atoms with Gasteiger partial charge in [0.05, 0.1) is 13.2 Å². The first-order valence-corrected chi connectivity index (χ1v) is 6.91. The summed E-state index contributed by atoms with van der Waals surface area (Å²) in [6.45, 7) is 11.1. The number of rotatable bonds is 8. The van der Waals surface area contributed by atoms with Gasteiger partial charge in [-0.2, -0.15) is 0 Å². The van der Waals surface area contributed by atoms with E-state index < -0.39 is 0 Å². The number of carbonyl (C=O) groups is 1. The van der Waals surface area contributed by atoms with Gasteiger partial charge in [-0.05, 0) is 31.9 Å². The van der Waals surface area contributed by atoms with Gasteiger partial charge in [0.15, 0.2) is 0 Å². The van der Waals surface area contributed by atoms with Crippen molar-refractivity contribution in [2.75, 3.05) is 19.7 Å². The molecule has 0 heterocycles. The van der Waals surface area contributed by atoms with Crippen LogP contribution in [0.5, 0.6) is 0 Å². The molecule has 0 amide bonds. The highest BCUT2D eigenvalue weighted by Gasteiger charge is 2.04. The molecule has 0 aliphatic carbocycles. The molecule has 0 rings (SSSR count). The lowest BCUT2D eigenvalue weighted by atomic mass is 10.1. The third-order valence-electron chi connectivity index (χ3n) is 2.36. The molecular weight excluding hydrogens is 294 g/mol. The number of esters is 1. The molecule has 0 aliphatic heterocycles. The molecule has 0 aromatic carbocycles. The number of halogens is 1. The number of carbonyl (C=O) groups excluding carboxylic acids is 1. The van der Waals surface area contributed by atoms with Gasteiger partial charge in [-0.3, -0.25) is 4.79 Å². The predicted octanol–water partition coefficient (Wildman–Crippen LogP) is 3.33. The maximum absolute atomic E-state index is 11.2. The molecule has 4 heteroatoms. The van der Waals surface area contributed by atoms with Crippen LogP contribution in [0.15, 0.2) is 34.4 Å². The number of allylic oxidation sites excluding steroid dienone is 3. The van der Waals surface area contributed by atoms with Gasteiger partial charge in [-0.25, -0.2) is 0 Å². The zero-order valence-corrected chi connectivity index (χ0v) is 13.0. The van der Waals surface area contributed by atoms with Gasteiger partial charge in [-0.1, -0.05) is 41.1 Å². The van der Waals surface area contributed by atoms with Crippen LogP contribution < -0.4 is 5.32 Å². The summed E-state index contributed by atoms with van der Waals surface area (Å²) < 4.78 is 5.85. The Labute approximate surface area is 118 Å². The van der Waals surface area contributed by atoms with Gasteiger partial charge in [0.25, 0.3) is 0 Å². The molecule has 0 spiro atoms. The molecule has 0 fully saturated rings. The summed E-state index contributed by atoms with van der Waals surface area (Å²) in [6, 6.07) is 0. The zero-order valence-electron chi connectivity index (χ0n) is 11.4. The van der Waals surface area contributed by atoms with E-state index in [2.05, 4.69) is 34.7 Å². The van der Waals surface area contributed by atoms with E-state index in [-0.39, 0.29) is 12.5 Å². The van der Waals surface area contributed by atoms with Crippen LogP contribution in [0.25, 0.3) is 0 Å². The number of nitrogens with one attached hydrogen (secondary N) is 1. The van der Waals surface area contributed by atoms with Crippen molar-refractivity contribution in [2.24, 2.45) is 0 Å². The number of ether oxygens (including phenoxy) is 1. The van der Waals surface area contributed by atoms with E-state index in [9.17, 15) is 4.79 Å². The van der Waals surface area contributed by atoms with Gasteiger partial charge in [0.2, 0.25) is 0 Å². The second-order valence-corrected chi connectivity index (χ2v) is 4.62. The van der Waals surface area contributed by atoms with Crippen LogP contribution in [0, 0.1) is 0 Å². The van der Waals surface area contributed by atoms with Crippen molar-refractivity contribution < 1.29 is 9.53 Å². The molecule has 0 saturated carbocycles. The Morgan fingerprint density at radius 2 is 2.06 bits per heavy atom. The quantitative estimate of drug-likeness (QED) is 0.551. The Bertz CT molecular complexity index is 346. The largest absolute Gasteiger partial charge is 0.465 e. The highest BCUT2D eigenvalue weighted by Crippen LogP contribution is 2.16. The smallest absolute Gasteiger partial charge is 0.319 e. The van der Waals surface area contributed by atoms with Crippen molar-refractivity contribution in [1.82, 2.24) is 5.32 Å². The fraction of sp³-hybridized carbons (Fsp3) is 0.500. The standard InChI is InChI=1S/C14H22BrNO2/c1-5-11(4)12(8-13(15)6-2)9-16-10-14(17)18-7-3/h6,8,16H,4-5,7,9-10H2,1-3H3. The average molecular weight is 316 g/mol. The SMILES string of the molecule is C=C(CC)C(=CC(Br)=CC)CNCC(=O)OCC. The summed E-state index contributed by atoms with van der Waals surface area (Å²) >= 11 is 3.44. The van der Waals surface area contributed by atoms with E-state index in [0.717, 1.165) is 22.0 Å². The van der Waals surface area contributed by atoms with Crippen molar-refractivity contribution in [3.63, 3.8) is 0 Å². The summed E-state index contributed by atoms with van der Waals surface area (Å²) in [5, 5.41) is 3.06. The lowest BCUT2D eigenvalue weighted by Gasteiger charge is -2.10. The first kappa shape index (κ1) is 17.1. The second kappa shape index (κ2) is 10.1. The average Bonchev–Trinajstić information content (AvgIpc) is 2.36. The first-order valence-electron chi connectivity index (χ1n) is 6.11. The van der Waals surface area contributed by atoms with Crippen LogP contribution in [-0.2, 0) is 9.53 Å². The van der Waals surface area contributed by atoms with Gasteiger partial charge in [-0.15, -0.1) is 0 Å². The minimum atomic E-state index is -0.232. The number of hydrogen-bond acceptors (Lipinski definition) is 3. The highest BCUT2D eigenvalue weighted by atomic mass is 79.9. The molecule has 0 unspecified atom stereocenters. The Kier molecular flexibility index (Phi) is 9.60. The fourth-order valence-corrected chi connectivity index (χ4v) is 1.54. The molecule has 0 aromatic rings. The number of hydrogen-bond donors (Lipinski definition) is 1. The molecule has 0 radical (unpaired) electrons. The molecule has 0 aliphatic rings. The summed E-state index contributed by atoms with van der Waals surface area (Å²) in [6.07, 6.45) is 4.87.